The third-order valence-corrected chi connectivity index (χ3v) is 0.906. The van der Waals surface area contributed by atoms with Crippen LogP contribution in [0.1, 0.15) is 5.69 Å². The van der Waals surface area contributed by atoms with E-state index in [0.29, 0.717) is 0 Å². The van der Waals surface area contributed by atoms with Crippen LogP contribution >= 0.6 is 13.6 Å². The van der Waals surface area contributed by atoms with Crippen LogP contribution in [0.15, 0.2) is 18.3 Å². The second-order valence-corrected chi connectivity index (χ2v) is 1.64. The fraction of sp³-hybridized carbons (Fsp3) is 0.167. The quantitative estimate of drug-likeness (QED) is 0.529. The van der Waals surface area contributed by atoms with Crippen molar-refractivity contribution in [2.24, 2.45) is 0 Å². The molecule has 0 aliphatic rings. The fourth-order valence-corrected chi connectivity index (χ4v) is 0.488. The van der Waals surface area contributed by atoms with Crippen LogP contribution in [0, 0.1) is 6.07 Å². The molecule has 1 rings (SSSR count). The fourth-order valence-electron chi connectivity index (χ4n) is 0.488. The predicted molar refractivity (Wildman–Crippen MR) is 37.0 cm³/mol. The average molecular weight is 291 g/mol. The Morgan fingerprint density at radius 3 is 2.25 bits per heavy atom. The topological polar surface area (TPSA) is 12.9 Å². The molecule has 1 nitrogen and oxygen atoms in total. The third-order valence-electron chi connectivity index (χ3n) is 0.906. The summed E-state index contributed by atoms with van der Waals surface area (Å²) >= 11 is 4.25. The Hall–Kier alpha value is 0.0434. The van der Waals surface area contributed by atoms with E-state index in [4.69, 9.17) is 0 Å². The van der Waals surface area contributed by atoms with Gasteiger partial charge >= 0.3 is 36.1 Å². The van der Waals surface area contributed by atoms with Crippen molar-refractivity contribution in [1.29, 1.82) is 0 Å². The first-order valence-corrected chi connectivity index (χ1v) is 9.71. The standard InChI is InChI=1S/C6H3F3N.BrH.Zn/c7-6(8,9)5-3-1-2-4-10-5;;/h1,3-4H;1H;/q-1;;+2/p-1. The van der Waals surface area contributed by atoms with Crippen LogP contribution in [-0.4, -0.2) is 4.98 Å². The predicted octanol–water partition coefficient (Wildman–Crippen LogP) is 2.74. The van der Waals surface area contributed by atoms with Gasteiger partial charge in [0.1, 0.15) is 0 Å². The van der Waals surface area contributed by atoms with E-state index < -0.39 is 11.9 Å². The summed E-state index contributed by atoms with van der Waals surface area (Å²) in [6, 6.07) is 4.45. The van der Waals surface area contributed by atoms with E-state index in [1.165, 1.54) is 22.4 Å². The molecule has 0 spiro atoms. The first kappa shape index (κ1) is 12.0. The third kappa shape index (κ3) is 4.16. The van der Waals surface area contributed by atoms with Crippen molar-refractivity contribution in [2.75, 3.05) is 0 Å². The molecule has 12 heavy (non-hydrogen) atoms. The molecule has 0 amide bonds. The molecule has 0 aliphatic heterocycles. The summed E-state index contributed by atoms with van der Waals surface area (Å²) in [7, 11) is 0. The number of halogens is 4. The molecule has 0 saturated carbocycles. The second-order valence-electron chi connectivity index (χ2n) is 1.64. The molecular formula is C6H3BrF3NZn. The minimum absolute atomic E-state index is 0.875. The molecule has 0 aliphatic carbocycles. The van der Waals surface area contributed by atoms with E-state index in [2.05, 4.69) is 24.7 Å². The van der Waals surface area contributed by atoms with Gasteiger partial charge in [-0.15, -0.1) is 0 Å². The van der Waals surface area contributed by atoms with Gasteiger partial charge in [0.25, 0.3) is 0 Å². The van der Waals surface area contributed by atoms with Crippen LogP contribution < -0.4 is 0 Å². The van der Waals surface area contributed by atoms with Gasteiger partial charge in [-0.2, -0.15) is 19.2 Å². The first-order chi connectivity index (χ1) is 5.61. The van der Waals surface area contributed by atoms with Crippen molar-refractivity contribution in [1.82, 2.24) is 4.98 Å². The van der Waals surface area contributed by atoms with Crippen molar-refractivity contribution in [3.63, 3.8) is 0 Å². The van der Waals surface area contributed by atoms with Gasteiger partial charge in [0.15, 0.2) is 0 Å². The summed E-state index contributed by atoms with van der Waals surface area (Å²) in [5, 5.41) is 0. The molecular weight excluding hydrogens is 288 g/mol. The van der Waals surface area contributed by atoms with Gasteiger partial charge in [0, 0.05) is 0 Å². The number of aromatic nitrogens is 1. The van der Waals surface area contributed by atoms with Crippen molar-refractivity contribution >= 4 is 13.6 Å². The van der Waals surface area contributed by atoms with Crippen LogP contribution in [0.2, 0.25) is 0 Å². The maximum absolute atomic E-state index is 11.7. The zero-order valence-corrected chi connectivity index (χ0v) is 10.5. The van der Waals surface area contributed by atoms with Crippen molar-refractivity contribution < 1.29 is 29.5 Å². The number of rotatable bonds is 0. The van der Waals surface area contributed by atoms with E-state index in [9.17, 15) is 13.2 Å². The van der Waals surface area contributed by atoms with Crippen LogP contribution in [0.4, 0.5) is 13.2 Å². The van der Waals surface area contributed by atoms with Crippen LogP contribution in [0.5, 0.6) is 0 Å². The first-order valence-electron chi connectivity index (χ1n) is 2.77. The van der Waals surface area contributed by atoms with E-state index in [1.54, 1.807) is 0 Å². The molecule has 0 aromatic carbocycles. The van der Waals surface area contributed by atoms with Gasteiger partial charge in [-0.3, -0.25) is 4.98 Å². The Morgan fingerprint density at radius 1 is 1.42 bits per heavy atom. The SMILES string of the molecule is FC(F)(F)c1cc[c-]cn1.[Zn+][Br]. The Morgan fingerprint density at radius 2 is 2.00 bits per heavy atom. The van der Waals surface area contributed by atoms with Crippen molar-refractivity contribution in [3.05, 3.63) is 30.1 Å². The molecule has 62 valence electrons. The molecule has 0 fully saturated rings. The zero-order valence-electron chi connectivity index (χ0n) is 5.90. The normalized spacial score (nSPS) is 10.2. The summed E-state index contributed by atoms with van der Waals surface area (Å²) in [6.45, 7) is 0. The van der Waals surface area contributed by atoms with E-state index in [1.807, 2.05) is 0 Å². The Balaban J connectivity index is 0.000000561. The van der Waals surface area contributed by atoms with E-state index >= 15 is 0 Å². The molecule has 0 unspecified atom stereocenters. The van der Waals surface area contributed by atoms with Crippen LogP contribution in [-0.2, 0) is 22.5 Å². The number of hydrogen-bond donors (Lipinski definition) is 0. The Kier molecular flexibility index (Phi) is 5.67. The van der Waals surface area contributed by atoms with Crippen molar-refractivity contribution in [3.8, 4) is 0 Å². The molecule has 0 bridgehead atoms. The molecule has 0 saturated heterocycles. The Bertz CT molecular complexity index is 214. The average Bonchev–Trinajstić information content (AvgIpc) is 2.08. The summed E-state index contributed by atoms with van der Waals surface area (Å²) < 4.78 is 35.1. The van der Waals surface area contributed by atoms with E-state index in [-0.39, 0.29) is 0 Å². The number of nitrogens with zero attached hydrogens (tertiary/aromatic N) is 1. The Labute approximate surface area is 84.4 Å². The molecule has 1 aromatic rings. The molecule has 0 N–H and O–H groups in total. The van der Waals surface area contributed by atoms with Gasteiger partial charge < -0.3 is 0 Å². The van der Waals surface area contributed by atoms with Gasteiger partial charge in [-0.25, -0.2) is 12.1 Å². The van der Waals surface area contributed by atoms with Gasteiger partial charge in [-0.1, -0.05) is 6.20 Å². The number of pyridine rings is 1. The summed E-state index contributed by atoms with van der Waals surface area (Å²) in [5.74, 6) is 0. The molecule has 0 radical (unpaired) electrons. The number of alkyl halides is 3. The minimum atomic E-state index is -4.34. The maximum atomic E-state index is 11.7. The van der Waals surface area contributed by atoms with Crippen LogP contribution in [0.3, 0.4) is 0 Å². The van der Waals surface area contributed by atoms with Crippen molar-refractivity contribution in [2.45, 2.75) is 6.18 Å². The summed E-state index contributed by atoms with van der Waals surface area (Å²) in [6.07, 6.45) is -3.35. The number of hydrogen-bond acceptors (Lipinski definition) is 1. The monoisotopic (exact) mass is 289 g/mol. The second kappa shape index (κ2) is 5.65. The van der Waals surface area contributed by atoms with Gasteiger partial charge in [0.2, 0.25) is 0 Å². The van der Waals surface area contributed by atoms with Gasteiger partial charge in [0.05, 0.1) is 5.69 Å². The molecule has 0 atom stereocenters. The molecule has 6 heteroatoms. The molecule has 1 aromatic heterocycles. The summed E-state index contributed by atoms with van der Waals surface area (Å²) in [4.78, 5) is 3.07. The molecule has 1 heterocycles. The van der Waals surface area contributed by atoms with E-state index in [0.717, 1.165) is 12.3 Å². The van der Waals surface area contributed by atoms with Crippen LogP contribution in [0.25, 0.3) is 0 Å². The summed E-state index contributed by atoms with van der Waals surface area (Å²) in [5.41, 5.74) is -0.883. The van der Waals surface area contributed by atoms with Gasteiger partial charge in [-0.05, 0) is 0 Å². The zero-order chi connectivity index (χ0) is 9.61.